The van der Waals surface area contributed by atoms with Gasteiger partial charge in [-0.1, -0.05) is 13.3 Å². The van der Waals surface area contributed by atoms with E-state index in [4.69, 9.17) is 10.5 Å². The van der Waals surface area contributed by atoms with Crippen molar-refractivity contribution in [1.29, 1.82) is 0 Å². The van der Waals surface area contributed by atoms with E-state index in [9.17, 15) is 0 Å². The number of nitrogens with zero attached hydrogens (tertiary/aromatic N) is 1. The summed E-state index contributed by atoms with van der Waals surface area (Å²) < 4.78 is 5.32. The Balaban J connectivity index is 3.11. The minimum Gasteiger partial charge on any atom is -0.495 e. The fourth-order valence-corrected chi connectivity index (χ4v) is 1.97. The molecule has 0 aliphatic rings. The van der Waals surface area contributed by atoms with E-state index in [1.165, 1.54) is 24.1 Å². The van der Waals surface area contributed by atoms with Crippen LogP contribution in [0.5, 0.6) is 5.75 Å². The molecule has 0 spiro atoms. The van der Waals surface area contributed by atoms with Gasteiger partial charge in [0.05, 0.1) is 12.8 Å². The van der Waals surface area contributed by atoms with Crippen molar-refractivity contribution in [2.75, 3.05) is 31.3 Å². The lowest BCUT2D eigenvalue weighted by Crippen LogP contribution is -2.20. The van der Waals surface area contributed by atoms with E-state index in [-0.39, 0.29) is 0 Å². The van der Waals surface area contributed by atoms with Crippen LogP contribution in [-0.4, -0.2) is 20.7 Å². The Morgan fingerprint density at radius 2 is 1.94 bits per heavy atom. The van der Waals surface area contributed by atoms with E-state index < -0.39 is 0 Å². The van der Waals surface area contributed by atoms with Crippen LogP contribution in [0.2, 0.25) is 0 Å². The first-order valence-electron chi connectivity index (χ1n) is 6.17. The van der Waals surface area contributed by atoms with Crippen LogP contribution in [-0.2, 0) is 0 Å². The van der Waals surface area contributed by atoms with Gasteiger partial charge in [0.1, 0.15) is 5.75 Å². The van der Waals surface area contributed by atoms with Gasteiger partial charge in [0, 0.05) is 25.3 Å². The van der Waals surface area contributed by atoms with Crippen LogP contribution in [0, 0.1) is 13.8 Å². The van der Waals surface area contributed by atoms with Gasteiger partial charge in [-0.25, -0.2) is 0 Å². The fourth-order valence-electron chi connectivity index (χ4n) is 1.97. The maximum absolute atomic E-state index is 6.02. The lowest BCUT2D eigenvalue weighted by Gasteiger charge is -2.24. The summed E-state index contributed by atoms with van der Waals surface area (Å²) in [5, 5.41) is 0. The number of hydrogen-bond donors (Lipinski definition) is 1. The monoisotopic (exact) mass is 236 g/mol. The molecule has 1 aromatic rings. The highest BCUT2D eigenvalue weighted by atomic mass is 16.5. The van der Waals surface area contributed by atoms with E-state index in [1.54, 1.807) is 7.11 Å². The van der Waals surface area contributed by atoms with Crippen molar-refractivity contribution < 1.29 is 4.74 Å². The van der Waals surface area contributed by atoms with Gasteiger partial charge in [-0.3, -0.25) is 0 Å². The molecule has 0 aliphatic heterocycles. The van der Waals surface area contributed by atoms with Crippen LogP contribution in [0.3, 0.4) is 0 Å². The average molecular weight is 236 g/mol. The molecule has 0 fully saturated rings. The summed E-state index contributed by atoms with van der Waals surface area (Å²) in [6, 6.07) is 2.04. The summed E-state index contributed by atoms with van der Waals surface area (Å²) in [6.07, 6.45) is 2.40. The molecule has 3 heteroatoms. The summed E-state index contributed by atoms with van der Waals surface area (Å²) >= 11 is 0. The van der Waals surface area contributed by atoms with Crippen molar-refractivity contribution in [1.82, 2.24) is 0 Å². The van der Waals surface area contributed by atoms with E-state index in [1.807, 2.05) is 13.0 Å². The van der Waals surface area contributed by atoms with Crippen LogP contribution < -0.4 is 15.4 Å². The van der Waals surface area contributed by atoms with Crippen molar-refractivity contribution in [2.45, 2.75) is 33.6 Å². The van der Waals surface area contributed by atoms with Gasteiger partial charge in [0.25, 0.3) is 0 Å². The fraction of sp³-hybridized carbons (Fsp3) is 0.571. The third-order valence-electron chi connectivity index (χ3n) is 3.36. The number of ether oxygens (including phenoxy) is 1. The average Bonchev–Trinajstić information content (AvgIpc) is 2.33. The molecule has 0 saturated heterocycles. The summed E-state index contributed by atoms with van der Waals surface area (Å²) in [6.45, 7) is 7.42. The first-order chi connectivity index (χ1) is 8.02. The molecule has 1 aromatic carbocycles. The normalized spacial score (nSPS) is 10.4. The predicted octanol–water partition coefficient (Wildman–Crippen LogP) is 3.13. The zero-order valence-electron chi connectivity index (χ0n) is 11.6. The lowest BCUT2D eigenvalue weighted by molar-refractivity contribution is 0.416. The first-order valence-corrected chi connectivity index (χ1v) is 6.17. The Labute approximate surface area is 105 Å². The predicted molar refractivity (Wildman–Crippen MR) is 75.1 cm³/mol. The van der Waals surface area contributed by atoms with Gasteiger partial charge in [0.2, 0.25) is 0 Å². The summed E-state index contributed by atoms with van der Waals surface area (Å²) in [4.78, 5) is 2.27. The second-order valence-corrected chi connectivity index (χ2v) is 4.54. The molecule has 0 amide bonds. The Hall–Kier alpha value is -1.38. The van der Waals surface area contributed by atoms with Crippen LogP contribution in [0.1, 0.15) is 30.9 Å². The summed E-state index contributed by atoms with van der Waals surface area (Å²) in [5.74, 6) is 0.770. The zero-order valence-corrected chi connectivity index (χ0v) is 11.6. The molecular weight excluding hydrogens is 212 g/mol. The minimum absolute atomic E-state index is 0.748. The molecule has 2 N–H and O–H groups in total. The third-order valence-corrected chi connectivity index (χ3v) is 3.36. The number of anilines is 2. The highest BCUT2D eigenvalue weighted by molar-refractivity contribution is 5.71. The molecule has 17 heavy (non-hydrogen) atoms. The molecule has 1 rings (SSSR count). The van der Waals surface area contributed by atoms with Crippen molar-refractivity contribution >= 4 is 11.4 Å². The summed E-state index contributed by atoms with van der Waals surface area (Å²) in [5.41, 5.74) is 10.3. The number of nitrogens with two attached hydrogens (primary N) is 1. The van der Waals surface area contributed by atoms with Crippen LogP contribution in [0.25, 0.3) is 0 Å². The molecule has 96 valence electrons. The Bertz CT molecular complexity index is 388. The first kappa shape index (κ1) is 13.7. The van der Waals surface area contributed by atoms with Crippen LogP contribution >= 0.6 is 0 Å². The number of unbranched alkanes of at least 4 members (excludes halogenated alkanes) is 1. The third kappa shape index (κ3) is 2.84. The zero-order chi connectivity index (χ0) is 13.0. The SMILES string of the molecule is CCCCN(C)c1cc(OC)c(N)c(C)c1C. The topological polar surface area (TPSA) is 38.5 Å². The molecule has 0 heterocycles. The van der Waals surface area contributed by atoms with Gasteiger partial charge >= 0.3 is 0 Å². The largest absolute Gasteiger partial charge is 0.495 e. The second kappa shape index (κ2) is 5.80. The van der Waals surface area contributed by atoms with Crippen LogP contribution in [0.4, 0.5) is 11.4 Å². The highest BCUT2D eigenvalue weighted by Gasteiger charge is 2.13. The van der Waals surface area contributed by atoms with E-state index >= 15 is 0 Å². The standard InChI is InChI=1S/C14H24N2O/c1-6-7-8-16(4)12-9-13(17-5)14(15)11(3)10(12)2/h9H,6-8,15H2,1-5H3. The van der Waals surface area contributed by atoms with Gasteiger partial charge < -0.3 is 15.4 Å². The molecule has 0 aromatic heterocycles. The van der Waals surface area contributed by atoms with Crippen molar-refractivity contribution in [2.24, 2.45) is 0 Å². The summed E-state index contributed by atoms with van der Waals surface area (Å²) in [7, 11) is 3.78. The number of rotatable bonds is 5. The van der Waals surface area contributed by atoms with Gasteiger partial charge in [-0.2, -0.15) is 0 Å². The quantitative estimate of drug-likeness (QED) is 0.798. The Kier molecular flexibility index (Phi) is 4.67. The molecule has 3 nitrogen and oxygen atoms in total. The maximum atomic E-state index is 6.02. The number of benzene rings is 1. The molecule has 0 atom stereocenters. The van der Waals surface area contributed by atoms with Crippen molar-refractivity contribution in [3.8, 4) is 5.75 Å². The lowest BCUT2D eigenvalue weighted by atomic mass is 10.0. The van der Waals surface area contributed by atoms with Crippen molar-refractivity contribution in [3.05, 3.63) is 17.2 Å². The molecule has 0 aliphatic carbocycles. The van der Waals surface area contributed by atoms with E-state index in [2.05, 4.69) is 25.8 Å². The maximum Gasteiger partial charge on any atom is 0.144 e. The van der Waals surface area contributed by atoms with Gasteiger partial charge in [-0.05, 0) is 31.4 Å². The van der Waals surface area contributed by atoms with Crippen LogP contribution in [0.15, 0.2) is 6.07 Å². The second-order valence-electron chi connectivity index (χ2n) is 4.54. The van der Waals surface area contributed by atoms with Gasteiger partial charge in [-0.15, -0.1) is 0 Å². The minimum atomic E-state index is 0.748. The Morgan fingerprint density at radius 3 is 2.47 bits per heavy atom. The number of nitrogen functional groups attached to an aromatic ring is 1. The molecule has 0 saturated carbocycles. The molecule has 0 radical (unpaired) electrons. The number of hydrogen-bond acceptors (Lipinski definition) is 3. The Morgan fingerprint density at radius 1 is 1.29 bits per heavy atom. The van der Waals surface area contributed by atoms with E-state index in [0.717, 1.165) is 23.5 Å². The molecule has 0 unspecified atom stereocenters. The van der Waals surface area contributed by atoms with Gasteiger partial charge in [0.15, 0.2) is 0 Å². The highest BCUT2D eigenvalue weighted by Crippen LogP contribution is 2.34. The van der Waals surface area contributed by atoms with Crippen molar-refractivity contribution in [3.63, 3.8) is 0 Å². The van der Waals surface area contributed by atoms with E-state index in [0.29, 0.717) is 0 Å². The smallest absolute Gasteiger partial charge is 0.144 e. The molecular formula is C14H24N2O. The number of methoxy groups -OCH3 is 1. The molecule has 0 bridgehead atoms.